The van der Waals surface area contributed by atoms with Crippen molar-refractivity contribution in [2.24, 2.45) is 0 Å². The fraction of sp³-hybridized carbons (Fsp3) is 0.400. The summed E-state index contributed by atoms with van der Waals surface area (Å²) in [5.41, 5.74) is 0.899. The number of amides is 1. The molecule has 2 aromatic heterocycles. The normalized spacial score (nSPS) is 15.8. The van der Waals surface area contributed by atoms with Crippen LogP contribution >= 0.6 is 0 Å². The molecular weight excluding hydrogens is 284 g/mol. The molecule has 0 saturated heterocycles. The summed E-state index contributed by atoms with van der Waals surface area (Å²) in [7, 11) is 0. The smallest absolute Gasteiger partial charge is 0.353 e. The molecule has 1 amide bonds. The van der Waals surface area contributed by atoms with Crippen molar-refractivity contribution in [1.29, 1.82) is 0 Å². The Morgan fingerprint density at radius 1 is 1.32 bits per heavy atom. The zero-order valence-electron chi connectivity index (χ0n) is 12.0. The molecular formula is C15H16N4O3. The van der Waals surface area contributed by atoms with Crippen molar-refractivity contribution in [2.75, 3.05) is 0 Å². The Hall–Kier alpha value is -2.57. The summed E-state index contributed by atoms with van der Waals surface area (Å²) in [6.07, 6.45) is 4.32. The Kier molecular flexibility index (Phi) is 2.99. The molecule has 1 saturated carbocycles. The van der Waals surface area contributed by atoms with E-state index in [0.717, 1.165) is 30.4 Å². The maximum Gasteiger partial charge on any atom is 0.353 e. The van der Waals surface area contributed by atoms with Crippen molar-refractivity contribution in [3.8, 4) is 0 Å². The van der Waals surface area contributed by atoms with Gasteiger partial charge in [-0.15, -0.1) is 5.10 Å². The number of carbonyl (C=O) groups is 1. The lowest BCUT2D eigenvalue weighted by Gasteiger charge is -2.10. The fourth-order valence-electron chi connectivity index (χ4n) is 3.07. The molecule has 1 aromatic carbocycles. The number of fused-ring (bicyclic) bond motifs is 3. The molecule has 1 aliphatic rings. The lowest BCUT2D eigenvalue weighted by atomic mass is 10.2. The average Bonchev–Trinajstić information content (AvgIpc) is 3.18. The van der Waals surface area contributed by atoms with Crippen molar-refractivity contribution >= 4 is 22.9 Å². The summed E-state index contributed by atoms with van der Waals surface area (Å²) in [6.45, 7) is -0.0825. The van der Waals surface area contributed by atoms with Crippen molar-refractivity contribution in [3.63, 3.8) is 0 Å². The minimum Gasteiger partial charge on any atom is -0.422 e. The SMILES string of the molecule is O=C(Cn1nc2oc3ccccc3n2c1=O)NC1CCCC1. The first-order valence-corrected chi connectivity index (χ1v) is 7.49. The lowest BCUT2D eigenvalue weighted by molar-refractivity contribution is -0.122. The van der Waals surface area contributed by atoms with Crippen LogP contribution in [0.3, 0.4) is 0 Å². The van der Waals surface area contributed by atoms with Crippen LogP contribution in [0, 0.1) is 0 Å². The van der Waals surface area contributed by atoms with E-state index >= 15 is 0 Å². The molecule has 1 N–H and O–H groups in total. The Morgan fingerprint density at radius 3 is 2.91 bits per heavy atom. The molecule has 114 valence electrons. The zero-order valence-corrected chi connectivity index (χ0v) is 12.0. The maximum absolute atomic E-state index is 12.4. The van der Waals surface area contributed by atoms with Gasteiger partial charge in [0.05, 0.1) is 5.52 Å². The van der Waals surface area contributed by atoms with E-state index in [4.69, 9.17) is 4.42 Å². The number of para-hydroxylation sites is 2. The maximum atomic E-state index is 12.4. The highest BCUT2D eigenvalue weighted by atomic mass is 16.4. The van der Waals surface area contributed by atoms with Gasteiger partial charge in [0.25, 0.3) is 0 Å². The lowest BCUT2D eigenvalue weighted by Crippen LogP contribution is -2.37. The highest BCUT2D eigenvalue weighted by Crippen LogP contribution is 2.18. The summed E-state index contributed by atoms with van der Waals surface area (Å²) >= 11 is 0. The topological polar surface area (TPSA) is 81.5 Å². The monoisotopic (exact) mass is 300 g/mol. The number of oxazole rings is 1. The molecule has 3 aromatic rings. The molecule has 7 nitrogen and oxygen atoms in total. The predicted molar refractivity (Wildman–Crippen MR) is 79.6 cm³/mol. The Labute approximate surface area is 125 Å². The summed E-state index contributed by atoms with van der Waals surface area (Å²) in [5, 5.41) is 7.05. The van der Waals surface area contributed by atoms with E-state index in [0.29, 0.717) is 11.1 Å². The van der Waals surface area contributed by atoms with Crippen LogP contribution in [-0.2, 0) is 11.3 Å². The summed E-state index contributed by atoms with van der Waals surface area (Å²) in [6, 6.07) is 7.46. The van der Waals surface area contributed by atoms with E-state index in [9.17, 15) is 9.59 Å². The number of carbonyl (C=O) groups excluding carboxylic acids is 1. The van der Waals surface area contributed by atoms with Gasteiger partial charge in [0, 0.05) is 6.04 Å². The van der Waals surface area contributed by atoms with E-state index in [1.54, 1.807) is 12.1 Å². The first kappa shape index (κ1) is 13.1. The standard InChI is InChI=1S/C15H16N4O3/c20-13(16-10-5-1-2-6-10)9-18-15(21)19-11-7-3-4-8-12(11)22-14(19)17-18/h3-4,7-8,10H,1-2,5-6,9H2,(H,16,20). The van der Waals surface area contributed by atoms with Gasteiger partial charge < -0.3 is 9.73 Å². The van der Waals surface area contributed by atoms with E-state index in [1.807, 2.05) is 12.1 Å². The quantitative estimate of drug-likeness (QED) is 0.790. The van der Waals surface area contributed by atoms with Gasteiger partial charge in [-0.3, -0.25) is 4.79 Å². The third-order valence-corrected chi connectivity index (χ3v) is 4.13. The van der Waals surface area contributed by atoms with Crippen LogP contribution in [0.5, 0.6) is 0 Å². The van der Waals surface area contributed by atoms with E-state index in [1.165, 1.54) is 4.40 Å². The Morgan fingerprint density at radius 2 is 2.09 bits per heavy atom. The van der Waals surface area contributed by atoms with Crippen molar-refractivity contribution < 1.29 is 9.21 Å². The molecule has 7 heteroatoms. The summed E-state index contributed by atoms with van der Waals surface area (Å²) in [4.78, 5) is 24.4. The van der Waals surface area contributed by atoms with Gasteiger partial charge in [0.1, 0.15) is 6.54 Å². The summed E-state index contributed by atoms with van der Waals surface area (Å²) in [5.74, 6) is 0.0268. The first-order valence-electron chi connectivity index (χ1n) is 7.49. The van der Waals surface area contributed by atoms with Gasteiger partial charge in [-0.25, -0.2) is 13.9 Å². The second-order valence-electron chi connectivity index (χ2n) is 5.68. The van der Waals surface area contributed by atoms with Gasteiger partial charge in [0.2, 0.25) is 5.91 Å². The molecule has 1 aliphatic carbocycles. The summed E-state index contributed by atoms with van der Waals surface area (Å²) < 4.78 is 8.06. The van der Waals surface area contributed by atoms with Gasteiger partial charge in [-0.05, 0) is 25.0 Å². The first-order chi connectivity index (χ1) is 10.7. The number of hydrogen-bond acceptors (Lipinski definition) is 4. The predicted octanol–water partition coefficient (Wildman–Crippen LogP) is 1.30. The number of hydrogen-bond donors (Lipinski definition) is 1. The number of rotatable bonds is 3. The molecule has 0 radical (unpaired) electrons. The van der Waals surface area contributed by atoms with Crippen molar-refractivity contribution in [2.45, 2.75) is 38.3 Å². The minimum atomic E-state index is -0.360. The number of aromatic nitrogens is 3. The molecule has 0 atom stereocenters. The average molecular weight is 300 g/mol. The van der Waals surface area contributed by atoms with Crippen molar-refractivity contribution in [1.82, 2.24) is 19.5 Å². The van der Waals surface area contributed by atoms with Gasteiger partial charge in [0.15, 0.2) is 5.58 Å². The molecule has 0 spiro atoms. The molecule has 4 rings (SSSR count). The van der Waals surface area contributed by atoms with Crippen LogP contribution in [0.1, 0.15) is 25.7 Å². The number of nitrogens with zero attached hydrogens (tertiary/aromatic N) is 3. The largest absolute Gasteiger partial charge is 0.422 e. The molecule has 0 bridgehead atoms. The second-order valence-corrected chi connectivity index (χ2v) is 5.68. The molecule has 2 heterocycles. The van der Waals surface area contributed by atoms with Crippen LogP contribution in [-0.4, -0.2) is 26.1 Å². The molecule has 0 unspecified atom stereocenters. The second kappa shape index (κ2) is 5.01. The van der Waals surface area contributed by atoms with E-state index < -0.39 is 0 Å². The highest BCUT2D eigenvalue weighted by Gasteiger charge is 2.20. The molecule has 22 heavy (non-hydrogen) atoms. The van der Waals surface area contributed by atoms with Crippen LogP contribution in [0.4, 0.5) is 0 Å². The van der Waals surface area contributed by atoms with Gasteiger partial charge in [-0.1, -0.05) is 25.0 Å². The van der Waals surface area contributed by atoms with E-state index in [-0.39, 0.29) is 30.0 Å². The Bertz CT molecular complexity index is 898. The fourth-order valence-corrected chi connectivity index (χ4v) is 3.07. The van der Waals surface area contributed by atoms with Gasteiger partial charge >= 0.3 is 11.5 Å². The van der Waals surface area contributed by atoms with Crippen molar-refractivity contribution in [3.05, 3.63) is 34.7 Å². The van der Waals surface area contributed by atoms with Crippen LogP contribution < -0.4 is 11.0 Å². The minimum absolute atomic E-state index is 0.0825. The molecule has 1 fully saturated rings. The van der Waals surface area contributed by atoms with Gasteiger partial charge in [-0.2, -0.15) is 0 Å². The van der Waals surface area contributed by atoms with Crippen LogP contribution in [0.25, 0.3) is 16.9 Å². The van der Waals surface area contributed by atoms with E-state index in [2.05, 4.69) is 10.4 Å². The highest BCUT2D eigenvalue weighted by molar-refractivity contribution is 5.77. The van der Waals surface area contributed by atoms with Crippen LogP contribution in [0.15, 0.2) is 33.5 Å². The number of nitrogens with one attached hydrogen (secondary N) is 1. The zero-order chi connectivity index (χ0) is 15.1. The molecule has 0 aliphatic heterocycles. The number of benzene rings is 1. The third kappa shape index (κ3) is 2.09. The Balaban J connectivity index is 1.63. The van der Waals surface area contributed by atoms with Crippen LogP contribution in [0.2, 0.25) is 0 Å². The third-order valence-electron chi connectivity index (χ3n) is 4.13.